The summed E-state index contributed by atoms with van der Waals surface area (Å²) in [5.41, 5.74) is 0.472. The van der Waals surface area contributed by atoms with Crippen molar-refractivity contribution in [2.24, 2.45) is 0 Å². The predicted molar refractivity (Wildman–Crippen MR) is 77.1 cm³/mol. The largest absolute Gasteiger partial charge is 0.461 e. The molecule has 0 spiro atoms. The summed E-state index contributed by atoms with van der Waals surface area (Å²) in [6.07, 6.45) is 0. The minimum absolute atomic E-state index is 0.310. The van der Waals surface area contributed by atoms with E-state index in [9.17, 15) is 4.79 Å². The monoisotopic (exact) mass is 283 g/mol. The van der Waals surface area contributed by atoms with Crippen molar-refractivity contribution in [2.45, 2.75) is 20.8 Å². The zero-order valence-electron chi connectivity index (χ0n) is 11.8. The number of aryl methyl sites for hydroxylation is 1. The van der Waals surface area contributed by atoms with Crippen LogP contribution in [0.2, 0.25) is 0 Å². The number of ether oxygens (including phenoxy) is 1. The number of anilines is 1. The first-order valence-electron chi connectivity index (χ1n) is 6.77. The van der Waals surface area contributed by atoms with Gasteiger partial charge in [0, 0.05) is 31.1 Å². The lowest BCUT2D eigenvalue weighted by molar-refractivity contribution is 0.0519. The number of likely N-dealkylation sites (N-methyl/N-ethyl adjacent to an activating group) is 1. The number of carbonyl (C=O) groups is 1. The highest BCUT2D eigenvalue weighted by Gasteiger charge is 2.22. The van der Waals surface area contributed by atoms with Gasteiger partial charge in [-0.3, -0.25) is 0 Å². The van der Waals surface area contributed by atoms with E-state index >= 15 is 0 Å². The van der Waals surface area contributed by atoms with Crippen molar-refractivity contribution in [3.63, 3.8) is 0 Å². The average molecular weight is 283 g/mol. The fourth-order valence-corrected chi connectivity index (χ4v) is 3.11. The van der Waals surface area contributed by atoms with Crippen LogP contribution in [0.25, 0.3) is 0 Å². The lowest BCUT2D eigenvalue weighted by Crippen LogP contribution is -2.46. The Balaban J connectivity index is 2.06. The Kier molecular flexibility index (Phi) is 4.76. The standard InChI is InChI=1S/C13H21N3O2S/c1-4-15-6-8-16(9-7-15)13-14-11(10(3)19-13)12(17)18-5-2/h4-9H2,1-3H3. The van der Waals surface area contributed by atoms with Crippen LogP contribution < -0.4 is 4.90 Å². The molecule has 6 heteroatoms. The molecular formula is C13H21N3O2S. The van der Waals surface area contributed by atoms with Crippen LogP contribution in [0.4, 0.5) is 5.13 Å². The number of nitrogens with zero attached hydrogens (tertiary/aromatic N) is 3. The van der Waals surface area contributed by atoms with Crippen LogP contribution >= 0.6 is 11.3 Å². The lowest BCUT2D eigenvalue weighted by Gasteiger charge is -2.33. The van der Waals surface area contributed by atoms with E-state index in [2.05, 4.69) is 21.7 Å². The van der Waals surface area contributed by atoms with Crippen LogP contribution in [0.3, 0.4) is 0 Å². The number of thiazole rings is 1. The highest BCUT2D eigenvalue weighted by Crippen LogP contribution is 2.27. The number of rotatable bonds is 4. The number of esters is 1. The fraction of sp³-hybridized carbons (Fsp3) is 0.692. The van der Waals surface area contributed by atoms with Gasteiger partial charge in [0.2, 0.25) is 0 Å². The summed E-state index contributed by atoms with van der Waals surface area (Å²) in [4.78, 5) is 21.8. The van der Waals surface area contributed by atoms with Gasteiger partial charge in [-0.1, -0.05) is 6.92 Å². The maximum Gasteiger partial charge on any atom is 0.358 e. The molecule has 1 saturated heterocycles. The van der Waals surface area contributed by atoms with E-state index in [0.717, 1.165) is 42.7 Å². The van der Waals surface area contributed by atoms with Gasteiger partial charge in [-0.05, 0) is 20.4 Å². The van der Waals surface area contributed by atoms with Gasteiger partial charge in [0.25, 0.3) is 0 Å². The first-order valence-corrected chi connectivity index (χ1v) is 7.59. The molecule has 0 atom stereocenters. The molecule has 1 aromatic rings. The van der Waals surface area contributed by atoms with Crippen LogP contribution in [-0.2, 0) is 4.74 Å². The molecule has 0 N–H and O–H groups in total. The summed E-state index contributed by atoms with van der Waals surface area (Å²) in [5.74, 6) is -0.310. The summed E-state index contributed by atoms with van der Waals surface area (Å²) >= 11 is 1.58. The quantitative estimate of drug-likeness (QED) is 0.788. The van der Waals surface area contributed by atoms with Crippen molar-refractivity contribution in [1.82, 2.24) is 9.88 Å². The zero-order chi connectivity index (χ0) is 13.8. The van der Waals surface area contributed by atoms with Gasteiger partial charge in [0.1, 0.15) is 0 Å². The molecule has 1 aliphatic rings. The molecule has 1 aliphatic heterocycles. The molecule has 19 heavy (non-hydrogen) atoms. The molecule has 0 aliphatic carbocycles. The van der Waals surface area contributed by atoms with E-state index in [1.807, 2.05) is 13.8 Å². The van der Waals surface area contributed by atoms with Crippen molar-refractivity contribution in [1.29, 1.82) is 0 Å². The van der Waals surface area contributed by atoms with E-state index in [-0.39, 0.29) is 5.97 Å². The number of piperazine rings is 1. The van der Waals surface area contributed by atoms with Crippen molar-refractivity contribution in [2.75, 3.05) is 44.2 Å². The Morgan fingerprint density at radius 2 is 2.00 bits per heavy atom. The Hall–Kier alpha value is -1.14. The normalized spacial score (nSPS) is 16.7. The molecule has 1 aromatic heterocycles. The molecule has 106 valence electrons. The first kappa shape index (κ1) is 14.3. The molecule has 1 fully saturated rings. The van der Waals surface area contributed by atoms with Crippen LogP contribution in [-0.4, -0.2) is 55.2 Å². The van der Waals surface area contributed by atoms with Gasteiger partial charge in [0.05, 0.1) is 6.61 Å². The van der Waals surface area contributed by atoms with Gasteiger partial charge >= 0.3 is 5.97 Å². The van der Waals surface area contributed by atoms with Gasteiger partial charge < -0.3 is 14.5 Å². The molecule has 2 rings (SSSR count). The van der Waals surface area contributed by atoms with Crippen molar-refractivity contribution < 1.29 is 9.53 Å². The zero-order valence-corrected chi connectivity index (χ0v) is 12.6. The van der Waals surface area contributed by atoms with Gasteiger partial charge in [0.15, 0.2) is 10.8 Å². The summed E-state index contributed by atoms with van der Waals surface area (Å²) < 4.78 is 5.02. The highest BCUT2D eigenvalue weighted by molar-refractivity contribution is 7.15. The second kappa shape index (κ2) is 6.34. The Bertz CT molecular complexity index is 439. The third-order valence-corrected chi connectivity index (χ3v) is 4.38. The van der Waals surface area contributed by atoms with Gasteiger partial charge in [-0.2, -0.15) is 0 Å². The van der Waals surface area contributed by atoms with Crippen LogP contribution in [0, 0.1) is 6.92 Å². The second-order valence-corrected chi connectivity index (χ2v) is 5.72. The first-order chi connectivity index (χ1) is 9.15. The van der Waals surface area contributed by atoms with Crippen molar-refractivity contribution in [3.05, 3.63) is 10.6 Å². The summed E-state index contributed by atoms with van der Waals surface area (Å²) in [6.45, 7) is 11.5. The fourth-order valence-electron chi connectivity index (χ4n) is 2.16. The van der Waals surface area contributed by atoms with E-state index in [0.29, 0.717) is 12.3 Å². The molecule has 0 amide bonds. The molecule has 2 heterocycles. The summed E-state index contributed by atoms with van der Waals surface area (Å²) in [6, 6.07) is 0. The summed E-state index contributed by atoms with van der Waals surface area (Å²) in [7, 11) is 0. The van der Waals surface area contributed by atoms with E-state index in [4.69, 9.17) is 4.74 Å². The van der Waals surface area contributed by atoms with Crippen molar-refractivity contribution in [3.8, 4) is 0 Å². The lowest BCUT2D eigenvalue weighted by atomic mass is 10.3. The minimum Gasteiger partial charge on any atom is -0.461 e. The van der Waals surface area contributed by atoms with Gasteiger partial charge in [-0.25, -0.2) is 9.78 Å². The molecule has 0 radical (unpaired) electrons. The van der Waals surface area contributed by atoms with Crippen LogP contribution in [0.15, 0.2) is 0 Å². The molecule has 0 unspecified atom stereocenters. The minimum atomic E-state index is -0.310. The number of aromatic nitrogens is 1. The number of hydrogen-bond donors (Lipinski definition) is 0. The number of hydrogen-bond acceptors (Lipinski definition) is 6. The molecule has 0 bridgehead atoms. The molecular weight excluding hydrogens is 262 g/mol. The maximum atomic E-state index is 11.8. The highest BCUT2D eigenvalue weighted by atomic mass is 32.1. The van der Waals surface area contributed by atoms with Gasteiger partial charge in [-0.15, -0.1) is 11.3 Å². The Morgan fingerprint density at radius 3 is 2.58 bits per heavy atom. The maximum absolute atomic E-state index is 11.8. The van der Waals surface area contributed by atoms with Crippen LogP contribution in [0.5, 0.6) is 0 Å². The topological polar surface area (TPSA) is 45.7 Å². The van der Waals surface area contributed by atoms with E-state index in [1.165, 1.54) is 0 Å². The Morgan fingerprint density at radius 1 is 1.32 bits per heavy atom. The average Bonchev–Trinajstić information content (AvgIpc) is 2.81. The van der Waals surface area contributed by atoms with Crippen LogP contribution in [0.1, 0.15) is 29.2 Å². The van der Waals surface area contributed by atoms with Crippen molar-refractivity contribution >= 4 is 22.4 Å². The smallest absolute Gasteiger partial charge is 0.358 e. The Labute approximate surface area is 118 Å². The third-order valence-electron chi connectivity index (χ3n) is 3.34. The summed E-state index contributed by atoms with van der Waals surface area (Å²) in [5, 5.41) is 0.941. The predicted octanol–water partition coefficient (Wildman–Crippen LogP) is 1.77. The SMILES string of the molecule is CCOC(=O)c1nc(N2CCN(CC)CC2)sc1C. The van der Waals surface area contributed by atoms with E-state index < -0.39 is 0 Å². The molecule has 0 saturated carbocycles. The number of carbonyl (C=O) groups excluding carboxylic acids is 1. The molecule has 0 aromatic carbocycles. The third kappa shape index (κ3) is 3.25. The molecule has 5 nitrogen and oxygen atoms in total. The van der Waals surface area contributed by atoms with E-state index in [1.54, 1.807) is 11.3 Å². The second-order valence-electron chi connectivity index (χ2n) is 4.54.